The number of likely N-dealkylation sites (N-methyl/N-ethyl adjacent to an activating group) is 1. The molecule has 3 aromatic carbocycles. The molecule has 0 aliphatic carbocycles. The van der Waals surface area contributed by atoms with Crippen LogP contribution in [-0.2, 0) is 27.3 Å². The summed E-state index contributed by atoms with van der Waals surface area (Å²) >= 11 is 6.08. The molecule has 3 aromatic rings. The standard InChI is InChI=1S/C30H32ClN5O5/c1-30(2,35-21-13-10-19-17-36(3)28(40)25(16-27(38)39)33-24(19)15-21)26(37)14-18-8-11-20(12-9-18)32-29(41)34-23-7-5-4-6-22(23)31/h4-13,15,25,33,35H,14,16-17H2,1-3H3,(H,38,39)(H2,32,34,41). The summed E-state index contributed by atoms with van der Waals surface area (Å²) in [5.74, 6) is -1.43. The Bertz CT molecular complexity index is 1470. The molecule has 1 aliphatic rings. The predicted octanol–water partition coefficient (Wildman–Crippen LogP) is 5.21. The lowest BCUT2D eigenvalue weighted by Crippen LogP contribution is -2.41. The maximum Gasteiger partial charge on any atom is 0.323 e. The third kappa shape index (κ3) is 7.55. The van der Waals surface area contributed by atoms with Crippen molar-refractivity contribution in [3.8, 4) is 0 Å². The van der Waals surface area contributed by atoms with Gasteiger partial charge >= 0.3 is 12.0 Å². The van der Waals surface area contributed by atoms with E-state index < -0.39 is 23.6 Å². The van der Waals surface area contributed by atoms with Crippen molar-refractivity contribution in [2.45, 2.75) is 44.8 Å². The van der Waals surface area contributed by atoms with Crippen molar-refractivity contribution in [3.63, 3.8) is 0 Å². The van der Waals surface area contributed by atoms with Gasteiger partial charge in [-0.25, -0.2) is 4.79 Å². The number of aliphatic carboxylic acids is 1. The van der Waals surface area contributed by atoms with Crippen molar-refractivity contribution in [2.24, 2.45) is 0 Å². The molecular formula is C30H32ClN5O5. The highest BCUT2D eigenvalue weighted by Crippen LogP contribution is 2.29. The highest BCUT2D eigenvalue weighted by atomic mass is 35.5. The van der Waals surface area contributed by atoms with Crippen LogP contribution >= 0.6 is 11.6 Å². The predicted molar refractivity (Wildman–Crippen MR) is 160 cm³/mol. The second-order valence-corrected chi connectivity index (χ2v) is 10.9. The van der Waals surface area contributed by atoms with E-state index in [-0.39, 0.29) is 24.5 Å². The Morgan fingerprint density at radius 3 is 2.39 bits per heavy atom. The van der Waals surface area contributed by atoms with Crippen LogP contribution in [0.5, 0.6) is 0 Å². The van der Waals surface area contributed by atoms with E-state index in [0.29, 0.717) is 34.3 Å². The smallest absolute Gasteiger partial charge is 0.323 e. The van der Waals surface area contributed by atoms with E-state index in [2.05, 4.69) is 21.3 Å². The molecule has 0 spiro atoms. The number of fused-ring (bicyclic) bond motifs is 1. The molecule has 1 heterocycles. The van der Waals surface area contributed by atoms with E-state index in [1.807, 2.05) is 12.1 Å². The molecule has 0 bridgehead atoms. The fourth-order valence-electron chi connectivity index (χ4n) is 4.48. The number of urea groups is 1. The number of benzene rings is 3. The summed E-state index contributed by atoms with van der Waals surface area (Å²) in [4.78, 5) is 50.9. The van der Waals surface area contributed by atoms with Crippen LogP contribution < -0.4 is 21.3 Å². The van der Waals surface area contributed by atoms with Crippen LogP contribution in [0.25, 0.3) is 0 Å². The molecule has 0 saturated heterocycles. The third-order valence-electron chi connectivity index (χ3n) is 6.75. The molecule has 0 saturated carbocycles. The Labute approximate surface area is 243 Å². The number of rotatable bonds is 9. The average molecular weight is 578 g/mol. The van der Waals surface area contributed by atoms with Crippen molar-refractivity contribution < 1.29 is 24.3 Å². The van der Waals surface area contributed by atoms with Crippen LogP contribution in [0.1, 0.15) is 31.4 Å². The molecule has 1 atom stereocenters. The Morgan fingerprint density at radius 1 is 1.02 bits per heavy atom. The fraction of sp³-hybridized carbons (Fsp3) is 0.267. The van der Waals surface area contributed by atoms with Crippen LogP contribution in [0.2, 0.25) is 5.02 Å². The second kappa shape index (κ2) is 12.3. The summed E-state index contributed by atoms with van der Waals surface area (Å²) in [6, 6.07) is 18.1. The fourth-order valence-corrected chi connectivity index (χ4v) is 4.66. The Hall–Kier alpha value is -4.57. The van der Waals surface area contributed by atoms with E-state index in [4.69, 9.17) is 11.6 Å². The van der Waals surface area contributed by atoms with E-state index in [1.54, 1.807) is 75.5 Å². The largest absolute Gasteiger partial charge is 0.481 e. The number of nitrogens with zero attached hydrogens (tertiary/aromatic N) is 1. The van der Waals surface area contributed by atoms with Gasteiger partial charge in [-0.3, -0.25) is 14.4 Å². The van der Waals surface area contributed by atoms with E-state index in [9.17, 15) is 24.3 Å². The zero-order valence-electron chi connectivity index (χ0n) is 23.0. The normalized spacial score (nSPS) is 14.8. The summed E-state index contributed by atoms with van der Waals surface area (Å²) < 4.78 is 0. The molecule has 1 aliphatic heterocycles. The first-order valence-electron chi connectivity index (χ1n) is 13.0. The van der Waals surface area contributed by atoms with E-state index in [0.717, 1.165) is 11.1 Å². The van der Waals surface area contributed by atoms with Crippen molar-refractivity contribution in [1.29, 1.82) is 0 Å². The monoisotopic (exact) mass is 577 g/mol. The maximum absolute atomic E-state index is 13.3. The van der Waals surface area contributed by atoms with Gasteiger partial charge in [-0.1, -0.05) is 41.9 Å². The minimum atomic E-state index is -1.07. The van der Waals surface area contributed by atoms with Gasteiger partial charge in [0.05, 0.1) is 22.7 Å². The first-order valence-corrected chi connectivity index (χ1v) is 13.4. The topological polar surface area (TPSA) is 140 Å². The molecule has 0 radical (unpaired) electrons. The molecule has 1 unspecified atom stereocenters. The number of nitrogens with one attached hydrogen (secondary N) is 4. The average Bonchev–Trinajstić information content (AvgIpc) is 3.01. The lowest BCUT2D eigenvalue weighted by atomic mass is 9.93. The summed E-state index contributed by atoms with van der Waals surface area (Å²) in [6.45, 7) is 3.91. The third-order valence-corrected chi connectivity index (χ3v) is 7.08. The van der Waals surface area contributed by atoms with Gasteiger partial charge in [0.1, 0.15) is 6.04 Å². The number of para-hydroxylation sites is 1. The first kappa shape index (κ1) is 29.4. The SMILES string of the molecule is CN1Cc2ccc(NC(C)(C)C(=O)Cc3ccc(NC(=O)Nc4ccccc4Cl)cc3)cc2NC(CC(=O)O)C1=O. The number of Topliss-reactive ketones (excluding diaryl/α,β-unsaturated/α-hetero) is 1. The highest BCUT2D eigenvalue weighted by molar-refractivity contribution is 6.33. The number of carbonyl (C=O) groups excluding carboxylic acids is 3. The number of hydrogen-bond acceptors (Lipinski definition) is 6. The quantitative estimate of drug-likeness (QED) is 0.235. The molecule has 5 N–H and O–H groups in total. The molecule has 41 heavy (non-hydrogen) atoms. The van der Waals surface area contributed by atoms with Gasteiger partial charge < -0.3 is 31.3 Å². The Balaban J connectivity index is 1.38. The lowest BCUT2D eigenvalue weighted by Gasteiger charge is -2.27. The van der Waals surface area contributed by atoms with Gasteiger partial charge in [-0.15, -0.1) is 0 Å². The molecule has 10 nitrogen and oxygen atoms in total. The van der Waals surface area contributed by atoms with Gasteiger partial charge in [0, 0.05) is 37.1 Å². The van der Waals surface area contributed by atoms with E-state index in [1.165, 1.54) is 4.90 Å². The zero-order valence-corrected chi connectivity index (χ0v) is 23.7. The molecule has 214 valence electrons. The van der Waals surface area contributed by atoms with Gasteiger partial charge in [0.2, 0.25) is 5.91 Å². The summed E-state index contributed by atoms with van der Waals surface area (Å²) in [7, 11) is 1.64. The van der Waals surface area contributed by atoms with Crippen LogP contribution in [0.4, 0.5) is 27.5 Å². The molecule has 0 aromatic heterocycles. The highest BCUT2D eigenvalue weighted by Gasteiger charge is 2.30. The van der Waals surface area contributed by atoms with Gasteiger partial charge in [0.25, 0.3) is 0 Å². The number of carboxylic acids is 1. The molecule has 3 amide bonds. The number of hydrogen-bond donors (Lipinski definition) is 5. The molecule has 11 heteroatoms. The number of amides is 3. The molecular weight excluding hydrogens is 546 g/mol. The van der Waals surface area contributed by atoms with Crippen molar-refractivity contribution in [1.82, 2.24) is 4.90 Å². The number of carbonyl (C=O) groups is 4. The maximum atomic E-state index is 13.3. The molecule has 4 rings (SSSR count). The minimum Gasteiger partial charge on any atom is -0.481 e. The lowest BCUT2D eigenvalue weighted by molar-refractivity contribution is -0.141. The number of halogens is 1. The van der Waals surface area contributed by atoms with E-state index >= 15 is 0 Å². The van der Waals surface area contributed by atoms with Crippen LogP contribution in [0.15, 0.2) is 66.7 Å². The second-order valence-electron chi connectivity index (χ2n) is 10.5. The van der Waals surface area contributed by atoms with Crippen LogP contribution in [-0.4, -0.2) is 52.3 Å². The Morgan fingerprint density at radius 2 is 1.71 bits per heavy atom. The van der Waals surface area contributed by atoms with Gasteiger partial charge in [-0.2, -0.15) is 0 Å². The summed E-state index contributed by atoms with van der Waals surface area (Å²) in [5.41, 5.74) is 3.05. The van der Waals surface area contributed by atoms with Crippen molar-refractivity contribution in [2.75, 3.05) is 28.3 Å². The number of anilines is 4. The first-order chi connectivity index (χ1) is 19.4. The van der Waals surface area contributed by atoms with Gasteiger partial charge in [-0.05, 0) is 61.4 Å². The number of carboxylic acid groups (broad SMARTS) is 1. The number of ketones is 1. The molecule has 0 fully saturated rings. The summed E-state index contributed by atoms with van der Waals surface area (Å²) in [5, 5.41) is 21.4. The van der Waals surface area contributed by atoms with Gasteiger partial charge in [0.15, 0.2) is 5.78 Å². The van der Waals surface area contributed by atoms with Crippen LogP contribution in [0, 0.1) is 0 Å². The van der Waals surface area contributed by atoms with Crippen LogP contribution in [0.3, 0.4) is 0 Å². The zero-order chi connectivity index (χ0) is 29.7. The Kier molecular flexibility index (Phi) is 8.83. The minimum absolute atomic E-state index is 0.0590. The van der Waals surface area contributed by atoms with Crippen molar-refractivity contribution >= 4 is 58.0 Å². The van der Waals surface area contributed by atoms with Crippen molar-refractivity contribution in [3.05, 3.63) is 82.9 Å². The summed E-state index contributed by atoms with van der Waals surface area (Å²) in [6.07, 6.45) is -0.181.